The van der Waals surface area contributed by atoms with E-state index in [1.54, 1.807) is 25.3 Å². The molecule has 0 fully saturated rings. The summed E-state index contributed by atoms with van der Waals surface area (Å²) in [7, 11) is 1.55. The molecule has 2 nitrogen and oxygen atoms in total. The van der Waals surface area contributed by atoms with Crippen LogP contribution in [0.25, 0.3) is 0 Å². The van der Waals surface area contributed by atoms with Crippen molar-refractivity contribution >= 4 is 0 Å². The second kappa shape index (κ2) is 4.96. The maximum atomic E-state index is 12.7. The Hall–Kier alpha value is -1.09. The molecule has 0 aliphatic heterocycles. The highest BCUT2D eigenvalue weighted by Gasteiger charge is 2.14. The van der Waals surface area contributed by atoms with E-state index in [9.17, 15) is 4.39 Å². The van der Waals surface area contributed by atoms with Gasteiger partial charge in [-0.25, -0.2) is 4.39 Å². The average molecular weight is 198 g/mol. The molecule has 0 radical (unpaired) electrons. The van der Waals surface area contributed by atoms with E-state index in [0.717, 1.165) is 5.56 Å². The quantitative estimate of drug-likeness (QED) is 0.804. The van der Waals surface area contributed by atoms with Gasteiger partial charge in [0.05, 0.1) is 7.11 Å². The number of hydrogen-bond acceptors (Lipinski definition) is 2. The molecule has 0 aromatic heterocycles. The van der Waals surface area contributed by atoms with Gasteiger partial charge in [0, 0.05) is 18.1 Å². The van der Waals surface area contributed by atoms with E-state index in [4.69, 9.17) is 9.84 Å². The number of aliphatic hydroxyl groups excluding tert-OH is 1. The van der Waals surface area contributed by atoms with Gasteiger partial charge in [-0.15, -0.1) is 0 Å². The Balaban J connectivity index is 3.18. The molecule has 0 aliphatic carbocycles. The molecule has 0 spiro atoms. The van der Waals surface area contributed by atoms with Crippen LogP contribution in [0.2, 0.25) is 0 Å². The van der Waals surface area contributed by atoms with Gasteiger partial charge in [0.15, 0.2) is 0 Å². The normalized spacial score (nSPS) is 12.6. The zero-order valence-electron chi connectivity index (χ0n) is 8.46. The average Bonchev–Trinajstić information content (AvgIpc) is 2.26. The van der Waals surface area contributed by atoms with Gasteiger partial charge in [-0.2, -0.15) is 0 Å². The predicted octanol–water partition coefficient (Wildman–Crippen LogP) is 2.26. The topological polar surface area (TPSA) is 29.5 Å². The molecule has 1 aromatic carbocycles. The standard InChI is InChI=1S/C11H15FO2/c1-8(7-13)11-9(6-12)4-3-5-10(11)14-2/h3-5,8,13H,6-7H2,1-2H3. The van der Waals surface area contributed by atoms with Gasteiger partial charge in [-0.3, -0.25) is 0 Å². The van der Waals surface area contributed by atoms with Crippen molar-refractivity contribution in [1.29, 1.82) is 0 Å². The molecule has 3 heteroatoms. The van der Waals surface area contributed by atoms with Gasteiger partial charge in [-0.05, 0) is 11.6 Å². The van der Waals surface area contributed by atoms with Crippen LogP contribution in [-0.2, 0) is 6.67 Å². The number of methoxy groups -OCH3 is 1. The lowest BCUT2D eigenvalue weighted by Crippen LogP contribution is -2.05. The summed E-state index contributed by atoms with van der Waals surface area (Å²) >= 11 is 0. The summed E-state index contributed by atoms with van der Waals surface area (Å²) in [5, 5.41) is 9.05. The van der Waals surface area contributed by atoms with Crippen LogP contribution in [0.5, 0.6) is 5.75 Å². The molecule has 78 valence electrons. The Labute approximate surface area is 83.3 Å². The summed E-state index contributed by atoms with van der Waals surface area (Å²) in [6.07, 6.45) is 0. The van der Waals surface area contributed by atoms with Crippen LogP contribution in [0.4, 0.5) is 4.39 Å². The molecule has 0 bridgehead atoms. The molecular weight excluding hydrogens is 183 g/mol. The molecule has 1 unspecified atom stereocenters. The van der Waals surface area contributed by atoms with Crippen LogP contribution < -0.4 is 4.74 Å². The van der Waals surface area contributed by atoms with Gasteiger partial charge >= 0.3 is 0 Å². The van der Waals surface area contributed by atoms with E-state index < -0.39 is 6.67 Å². The van der Waals surface area contributed by atoms with Crippen molar-refractivity contribution in [3.05, 3.63) is 29.3 Å². The fourth-order valence-electron chi connectivity index (χ4n) is 1.53. The Morgan fingerprint density at radius 1 is 1.50 bits per heavy atom. The second-order valence-corrected chi connectivity index (χ2v) is 3.25. The summed E-state index contributed by atoms with van der Waals surface area (Å²) in [6, 6.07) is 5.24. The molecule has 0 amide bonds. The van der Waals surface area contributed by atoms with E-state index >= 15 is 0 Å². The maximum absolute atomic E-state index is 12.7. The summed E-state index contributed by atoms with van der Waals surface area (Å²) in [5.74, 6) is 0.540. The SMILES string of the molecule is COc1cccc(CF)c1C(C)CO. The zero-order chi connectivity index (χ0) is 10.6. The van der Waals surface area contributed by atoms with Crippen molar-refractivity contribution < 1.29 is 14.2 Å². The van der Waals surface area contributed by atoms with Crippen molar-refractivity contribution in [2.45, 2.75) is 19.5 Å². The predicted molar refractivity (Wildman–Crippen MR) is 53.3 cm³/mol. The Morgan fingerprint density at radius 2 is 2.21 bits per heavy atom. The van der Waals surface area contributed by atoms with Crippen molar-refractivity contribution in [3.63, 3.8) is 0 Å². The minimum Gasteiger partial charge on any atom is -0.496 e. The lowest BCUT2D eigenvalue weighted by Gasteiger charge is -2.16. The van der Waals surface area contributed by atoms with Crippen LogP contribution in [0, 0.1) is 0 Å². The monoisotopic (exact) mass is 198 g/mol. The van der Waals surface area contributed by atoms with Crippen molar-refractivity contribution in [3.8, 4) is 5.75 Å². The van der Waals surface area contributed by atoms with Gasteiger partial charge < -0.3 is 9.84 Å². The van der Waals surface area contributed by atoms with E-state index in [1.165, 1.54) is 0 Å². The van der Waals surface area contributed by atoms with Gasteiger partial charge in [0.25, 0.3) is 0 Å². The molecule has 1 rings (SSSR count). The first kappa shape index (κ1) is 11.0. The smallest absolute Gasteiger partial charge is 0.122 e. The first-order chi connectivity index (χ1) is 6.74. The Morgan fingerprint density at radius 3 is 2.71 bits per heavy atom. The molecule has 14 heavy (non-hydrogen) atoms. The number of ether oxygens (including phenoxy) is 1. The molecular formula is C11H15FO2. The highest BCUT2D eigenvalue weighted by Crippen LogP contribution is 2.30. The van der Waals surface area contributed by atoms with Gasteiger partial charge in [-0.1, -0.05) is 19.1 Å². The molecule has 1 atom stereocenters. The minimum atomic E-state index is -0.531. The van der Waals surface area contributed by atoms with E-state index in [1.807, 2.05) is 6.92 Å². The third-order valence-corrected chi connectivity index (χ3v) is 2.29. The van der Waals surface area contributed by atoms with Crippen LogP contribution in [-0.4, -0.2) is 18.8 Å². The highest BCUT2D eigenvalue weighted by atomic mass is 19.1. The number of halogens is 1. The molecule has 0 saturated heterocycles. The third kappa shape index (κ3) is 2.04. The lowest BCUT2D eigenvalue weighted by molar-refractivity contribution is 0.268. The summed E-state index contributed by atoms with van der Waals surface area (Å²) < 4.78 is 17.8. The zero-order valence-corrected chi connectivity index (χ0v) is 8.46. The first-order valence-electron chi connectivity index (χ1n) is 4.57. The van der Waals surface area contributed by atoms with Crippen molar-refractivity contribution in [2.24, 2.45) is 0 Å². The highest BCUT2D eigenvalue weighted by molar-refractivity contribution is 5.42. The number of aliphatic hydroxyl groups is 1. The van der Waals surface area contributed by atoms with Gasteiger partial charge in [0.1, 0.15) is 12.4 Å². The first-order valence-corrected chi connectivity index (χ1v) is 4.57. The summed E-state index contributed by atoms with van der Waals surface area (Å²) in [5.41, 5.74) is 1.35. The van der Waals surface area contributed by atoms with E-state index in [0.29, 0.717) is 11.3 Å². The second-order valence-electron chi connectivity index (χ2n) is 3.25. The maximum Gasteiger partial charge on any atom is 0.122 e. The van der Waals surface area contributed by atoms with Crippen LogP contribution in [0.15, 0.2) is 18.2 Å². The number of benzene rings is 1. The van der Waals surface area contributed by atoms with Gasteiger partial charge in [0.2, 0.25) is 0 Å². The summed E-state index contributed by atoms with van der Waals surface area (Å²) in [4.78, 5) is 0. The molecule has 0 saturated carbocycles. The van der Waals surface area contributed by atoms with Crippen molar-refractivity contribution in [1.82, 2.24) is 0 Å². The van der Waals surface area contributed by atoms with Crippen LogP contribution in [0.3, 0.4) is 0 Å². The van der Waals surface area contributed by atoms with Crippen molar-refractivity contribution in [2.75, 3.05) is 13.7 Å². The van der Waals surface area contributed by atoms with Crippen LogP contribution >= 0.6 is 0 Å². The Kier molecular flexibility index (Phi) is 3.89. The molecule has 1 N–H and O–H groups in total. The largest absolute Gasteiger partial charge is 0.496 e. The fourth-order valence-corrected chi connectivity index (χ4v) is 1.53. The molecule has 0 aliphatic rings. The molecule has 1 aromatic rings. The Bertz CT molecular complexity index is 277. The van der Waals surface area contributed by atoms with E-state index in [2.05, 4.69) is 0 Å². The fraction of sp³-hybridized carbons (Fsp3) is 0.455. The summed E-state index contributed by atoms with van der Waals surface area (Å²) in [6.45, 7) is 1.31. The number of hydrogen-bond donors (Lipinski definition) is 1. The van der Waals surface area contributed by atoms with Crippen LogP contribution in [0.1, 0.15) is 24.0 Å². The minimum absolute atomic E-state index is 0.00657. The lowest BCUT2D eigenvalue weighted by atomic mass is 9.96. The number of alkyl halides is 1. The third-order valence-electron chi connectivity index (χ3n) is 2.29. The molecule has 0 heterocycles. The van der Waals surface area contributed by atoms with E-state index in [-0.39, 0.29) is 12.5 Å². The number of rotatable bonds is 4.